The molecule has 3 heteroatoms. The molecule has 2 atom stereocenters. The van der Waals surface area contributed by atoms with Crippen LogP contribution in [-0.4, -0.2) is 18.4 Å². The summed E-state index contributed by atoms with van der Waals surface area (Å²) in [6.45, 7) is 8.40. The minimum Gasteiger partial charge on any atom is -0.461 e. The van der Waals surface area contributed by atoms with Crippen LogP contribution in [0.3, 0.4) is 0 Å². The minimum absolute atomic E-state index is 0.0391. The first-order chi connectivity index (χ1) is 14.9. The predicted octanol–water partition coefficient (Wildman–Crippen LogP) is 6.92. The van der Waals surface area contributed by atoms with E-state index in [1.807, 2.05) is 73.7 Å². The first-order valence-electron chi connectivity index (χ1n) is 11.0. The molecule has 2 rings (SSSR count). The molecule has 0 fully saturated rings. The third-order valence-electron chi connectivity index (χ3n) is 5.46. The van der Waals surface area contributed by atoms with E-state index in [4.69, 9.17) is 4.74 Å². The van der Waals surface area contributed by atoms with Crippen molar-refractivity contribution in [3.8, 4) is 0 Å². The van der Waals surface area contributed by atoms with Crippen LogP contribution in [0.4, 0.5) is 0 Å². The molecule has 0 aliphatic rings. The van der Waals surface area contributed by atoms with Crippen molar-refractivity contribution in [2.24, 2.45) is 5.92 Å². The largest absolute Gasteiger partial charge is 0.461 e. The summed E-state index contributed by atoms with van der Waals surface area (Å²) in [5.41, 5.74) is 4.16. The number of benzene rings is 2. The van der Waals surface area contributed by atoms with Gasteiger partial charge in [0.2, 0.25) is 0 Å². The predicted molar refractivity (Wildman–Crippen MR) is 127 cm³/mol. The molecule has 0 spiro atoms. The molecule has 0 aliphatic carbocycles. The van der Waals surface area contributed by atoms with Gasteiger partial charge in [-0.25, -0.2) is 0 Å². The van der Waals surface area contributed by atoms with E-state index in [1.54, 1.807) is 0 Å². The van der Waals surface area contributed by atoms with Gasteiger partial charge in [-0.1, -0.05) is 84.8 Å². The Hall–Kier alpha value is -2.94. The van der Waals surface area contributed by atoms with Gasteiger partial charge < -0.3 is 4.74 Å². The molecule has 0 saturated carbocycles. The van der Waals surface area contributed by atoms with E-state index in [2.05, 4.69) is 26.8 Å². The molecule has 164 valence electrons. The summed E-state index contributed by atoms with van der Waals surface area (Å²) >= 11 is 0. The molecular weight excluding hydrogens is 384 g/mol. The van der Waals surface area contributed by atoms with E-state index in [1.165, 1.54) is 11.1 Å². The van der Waals surface area contributed by atoms with Gasteiger partial charge in [0.1, 0.15) is 6.61 Å². The minimum atomic E-state index is -0.335. The fraction of sp³-hybridized carbons (Fsp3) is 0.357. The number of hydrogen-bond donors (Lipinski definition) is 0. The first-order valence-corrected chi connectivity index (χ1v) is 11.0. The second-order valence-corrected chi connectivity index (χ2v) is 8.29. The molecule has 2 aromatic rings. The molecule has 3 nitrogen and oxygen atoms in total. The van der Waals surface area contributed by atoms with Crippen LogP contribution in [0.5, 0.6) is 0 Å². The zero-order valence-electron chi connectivity index (χ0n) is 19.1. The van der Waals surface area contributed by atoms with Gasteiger partial charge in [-0.3, -0.25) is 9.59 Å². The number of ketones is 1. The van der Waals surface area contributed by atoms with Crippen molar-refractivity contribution in [1.29, 1.82) is 0 Å². The Morgan fingerprint density at radius 1 is 0.903 bits per heavy atom. The van der Waals surface area contributed by atoms with Gasteiger partial charge in [-0.05, 0) is 45.3 Å². The number of esters is 1. The van der Waals surface area contributed by atoms with E-state index >= 15 is 0 Å². The highest BCUT2D eigenvalue weighted by Crippen LogP contribution is 2.31. The number of hydrogen-bond acceptors (Lipinski definition) is 3. The van der Waals surface area contributed by atoms with Gasteiger partial charge in [0.15, 0.2) is 5.78 Å². The number of carbonyl (C=O) groups is 2. The van der Waals surface area contributed by atoms with Crippen molar-refractivity contribution in [3.63, 3.8) is 0 Å². The molecule has 0 saturated heterocycles. The van der Waals surface area contributed by atoms with E-state index < -0.39 is 0 Å². The van der Waals surface area contributed by atoms with E-state index in [9.17, 15) is 9.59 Å². The van der Waals surface area contributed by atoms with Crippen molar-refractivity contribution in [1.82, 2.24) is 0 Å². The van der Waals surface area contributed by atoms with E-state index in [0.29, 0.717) is 5.56 Å². The number of Topliss-reactive ketones (excluding diaryl/α,β-unsaturated/α-hetero) is 1. The molecule has 0 bridgehead atoms. The van der Waals surface area contributed by atoms with Gasteiger partial charge >= 0.3 is 5.97 Å². The molecule has 0 aliphatic heterocycles. The topological polar surface area (TPSA) is 43.4 Å². The number of carbonyl (C=O) groups excluding carboxylic acids is 2. The lowest BCUT2D eigenvalue weighted by Gasteiger charge is -2.23. The third-order valence-corrected chi connectivity index (χ3v) is 5.46. The average Bonchev–Trinajstić information content (AvgIpc) is 2.77. The lowest BCUT2D eigenvalue weighted by atomic mass is 9.80. The Balaban J connectivity index is 2.02. The van der Waals surface area contributed by atoms with Gasteiger partial charge in [0.05, 0.1) is 6.42 Å². The van der Waals surface area contributed by atoms with Crippen molar-refractivity contribution in [2.45, 2.75) is 52.9 Å². The Bertz CT molecular complexity index is 890. The monoisotopic (exact) mass is 418 g/mol. The molecule has 2 unspecified atom stereocenters. The Kier molecular flexibility index (Phi) is 9.96. The number of ether oxygens (including phenoxy) is 1. The van der Waals surface area contributed by atoms with Crippen LogP contribution in [0.25, 0.3) is 0 Å². The van der Waals surface area contributed by atoms with Crippen molar-refractivity contribution in [3.05, 3.63) is 95.1 Å². The van der Waals surface area contributed by atoms with E-state index in [-0.39, 0.29) is 36.6 Å². The quantitative estimate of drug-likeness (QED) is 0.226. The summed E-state index contributed by atoms with van der Waals surface area (Å²) in [5, 5.41) is 0. The second kappa shape index (κ2) is 12.7. The molecular formula is C28H34O3. The summed E-state index contributed by atoms with van der Waals surface area (Å²) < 4.78 is 5.49. The summed E-state index contributed by atoms with van der Waals surface area (Å²) in [4.78, 5) is 25.6. The maximum absolute atomic E-state index is 13.0. The van der Waals surface area contributed by atoms with Gasteiger partial charge in [-0.2, -0.15) is 0 Å². The van der Waals surface area contributed by atoms with Gasteiger partial charge in [0.25, 0.3) is 0 Å². The van der Waals surface area contributed by atoms with Gasteiger partial charge in [0, 0.05) is 17.4 Å². The Morgan fingerprint density at radius 2 is 1.52 bits per heavy atom. The summed E-state index contributed by atoms with van der Waals surface area (Å²) in [5.74, 6) is -0.810. The zero-order valence-corrected chi connectivity index (χ0v) is 19.1. The van der Waals surface area contributed by atoms with Crippen molar-refractivity contribution in [2.75, 3.05) is 6.61 Å². The van der Waals surface area contributed by atoms with E-state index in [0.717, 1.165) is 18.4 Å². The molecule has 0 aromatic heterocycles. The van der Waals surface area contributed by atoms with Crippen LogP contribution < -0.4 is 0 Å². The lowest BCUT2D eigenvalue weighted by molar-refractivity contribution is -0.143. The number of allylic oxidation sites excluding steroid dienone is 3. The smallest absolute Gasteiger partial charge is 0.306 e. The Labute approximate surface area is 186 Å². The standard InChI is InChI=1S/C28H34O3/c1-21(2)12-11-13-22(3)18-19-31-27(29)20-26(24-14-7-5-8-15-24)23(4)28(30)25-16-9-6-10-17-25/h5-10,12,14-18,23,26H,11,13,19-20H2,1-4H3/b22-18+. The zero-order chi connectivity index (χ0) is 22.6. The lowest BCUT2D eigenvalue weighted by Crippen LogP contribution is -2.23. The maximum Gasteiger partial charge on any atom is 0.306 e. The van der Waals surface area contributed by atoms with Crippen molar-refractivity contribution >= 4 is 11.8 Å². The summed E-state index contributed by atoms with van der Waals surface area (Å²) in [6.07, 6.45) is 6.30. The van der Waals surface area contributed by atoms with Crippen LogP contribution >= 0.6 is 0 Å². The highest BCUT2D eigenvalue weighted by atomic mass is 16.5. The highest BCUT2D eigenvalue weighted by molar-refractivity contribution is 5.98. The fourth-order valence-electron chi connectivity index (χ4n) is 3.54. The Morgan fingerprint density at radius 3 is 2.13 bits per heavy atom. The summed E-state index contributed by atoms with van der Waals surface area (Å²) in [7, 11) is 0. The SMILES string of the molecule is CC(C)=CCC/C(C)=C/COC(=O)CC(c1ccccc1)C(C)C(=O)c1ccccc1. The van der Waals surface area contributed by atoms with Crippen LogP contribution in [0.1, 0.15) is 68.8 Å². The third kappa shape index (κ3) is 8.37. The molecule has 0 N–H and O–H groups in total. The van der Waals surface area contributed by atoms with Gasteiger partial charge in [-0.15, -0.1) is 0 Å². The fourth-order valence-corrected chi connectivity index (χ4v) is 3.54. The second-order valence-electron chi connectivity index (χ2n) is 8.29. The van der Waals surface area contributed by atoms with Crippen LogP contribution in [0, 0.1) is 5.92 Å². The van der Waals surface area contributed by atoms with Crippen LogP contribution in [0.2, 0.25) is 0 Å². The average molecular weight is 419 g/mol. The maximum atomic E-state index is 13.0. The molecule has 0 radical (unpaired) electrons. The molecule has 2 aromatic carbocycles. The van der Waals surface area contributed by atoms with Crippen molar-refractivity contribution < 1.29 is 14.3 Å². The molecule has 0 amide bonds. The van der Waals surface area contributed by atoms with Crippen LogP contribution in [0.15, 0.2) is 84.0 Å². The number of rotatable bonds is 11. The highest BCUT2D eigenvalue weighted by Gasteiger charge is 2.28. The molecule has 0 heterocycles. The summed E-state index contributed by atoms with van der Waals surface area (Å²) in [6, 6.07) is 19.0. The first kappa shape index (κ1) is 24.3. The molecule has 31 heavy (non-hydrogen) atoms. The van der Waals surface area contributed by atoms with Crippen LogP contribution in [-0.2, 0) is 9.53 Å². The normalized spacial score (nSPS) is 13.2.